The number of aliphatic hydroxyl groups is 2. The quantitative estimate of drug-likeness (QED) is 0.720. The molecule has 0 amide bonds. The largest absolute Gasteiger partial charge is 0.389 e. The maximum atomic E-state index is 10.5. The van der Waals surface area contributed by atoms with Crippen LogP contribution in [-0.4, -0.2) is 28.9 Å². The minimum absolute atomic E-state index is 0.459. The lowest BCUT2D eigenvalue weighted by Gasteiger charge is -2.27. The molecule has 0 saturated heterocycles. The van der Waals surface area contributed by atoms with E-state index in [-0.39, 0.29) is 0 Å². The molecule has 1 aromatic heterocycles. The molecule has 0 spiro atoms. The number of hydrogen-bond acceptors (Lipinski definition) is 4. The van der Waals surface area contributed by atoms with Crippen LogP contribution in [0.1, 0.15) is 49.5 Å². The molecule has 3 N–H and O–H groups in total. The van der Waals surface area contributed by atoms with Gasteiger partial charge in [-0.25, -0.2) is 0 Å². The first-order chi connectivity index (χ1) is 8.70. The van der Waals surface area contributed by atoms with Crippen LogP contribution in [0.5, 0.6) is 0 Å². The first-order valence-electron chi connectivity index (χ1n) is 6.84. The minimum atomic E-state index is -0.564. The number of hydrogen-bond donors (Lipinski definition) is 3. The summed E-state index contributed by atoms with van der Waals surface area (Å²) in [7, 11) is 0. The van der Waals surface area contributed by atoms with Crippen LogP contribution < -0.4 is 5.32 Å². The molecular formula is C14H23NO2S. The fourth-order valence-electron chi connectivity index (χ4n) is 2.59. The Kier molecular flexibility index (Phi) is 5.18. The van der Waals surface area contributed by atoms with Crippen molar-refractivity contribution >= 4 is 11.3 Å². The Bertz CT molecular complexity index is 332. The van der Waals surface area contributed by atoms with Crippen LogP contribution in [0.25, 0.3) is 0 Å². The van der Waals surface area contributed by atoms with E-state index >= 15 is 0 Å². The monoisotopic (exact) mass is 269 g/mol. The van der Waals surface area contributed by atoms with Crippen molar-refractivity contribution in [1.29, 1.82) is 0 Å². The molecule has 0 bridgehead atoms. The number of nitrogens with one attached hydrogen (secondary N) is 1. The lowest BCUT2D eigenvalue weighted by atomic mass is 9.94. The van der Waals surface area contributed by atoms with Crippen LogP contribution in [0.2, 0.25) is 0 Å². The minimum Gasteiger partial charge on any atom is -0.389 e. The summed E-state index contributed by atoms with van der Waals surface area (Å²) in [6.07, 6.45) is 6.02. The van der Waals surface area contributed by atoms with E-state index in [2.05, 4.69) is 5.32 Å². The van der Waals surface area contributed by atoms with Gasteiger partial charge in [0.25, 0.3) is 0 Å². The summed E-state index contributed by atoms with van der Waals surface area (Å²) in [5.74, 6) is 0. The second-order valence-corrected chi connectivity index (χ2v) is 6.28. The second kappa shape index (κ2) is 6.66. The Balaban J connectivity index is 1.73. The van der Waals surface area contributed by atoms with Gasteiger partial charge in [0, 0.05) is 18.0 Å². The van der Waals surface area contributed by atoms with E-state index in [1.807, 2.05) is 17.5 Å². The molecule has 0 radical (unpaired) electrons. The lowest BCUT2D eigenvalue weighted by Crippen LogP contribution is -2.41. The summed E-state index contributed by atoms with van der Waals surface area (Å²) in [6.45, 7) is 1.11. The van der Waals surface area contributed by atoms with Crippen molar-refractivity contribution < 1.29 is 10.2 Å². The molecule has 1 aliphatic carbocycles. The van der Waals surface area contributed by atoms with Gasteiger partial charge in [-0.2, -0.15) is 0 Å². The molecule has 1 aromatic rings. The van der Waals surface area contributed by atoms with Crippen molar-refractivity contribution in [2.45, 2.75) is 50.2 Å². The fourth-order valence-corrected chi connectivity index (χ4v) is 3.30. The second-order valence-electron chi connectivity index (χ2n) is 5.30. The molecule has 1 saturated carbocycles. The van der Waals surface area contributed by atoms with Gasteiger partial charge in [0.15, 0.2) is 0 Å². The standard InChI is InChI=1S/C14H23NO2S/c16-12(13-6-5-9-18-13)10-15-11-14(17)7-3-1-2-4-8-14/h5-6,9,12,15-17H,1-4,7-8,10-11H2. The summed E-state index contributed by atoms with van der Waals surface area (Å²) < 4.78 is 0. The first-order valence-corrected chi connectivity index (χ1v) is 7.72. The molecule has 0 aliphatic heterocycles. The fraction of sp³-hybridized carbons (Fsp3) is 0.714. The van der Waals surface area contributed by atoms with Crippen LogP contribution in [-0.2, 0) is 0 Å². The number of rotatable bonds is 5. The highest BCUT2D eigenvalue weighted by atomic mass is 32.1. The van der Waals surface area contributed by atoms with Crippen molar-refractivity contribution in [3.63, 3.8) is 0 Å². The Hall–Kier alpha value is -0.420. The van der Waals surface area contributed by atoms with Crippen molar-refractivity contribution in [1.82, 2.24) is 5.32 Å². The third-order valence-corrected chi connectivity index (χ3v) is 4.67. The van der Waals surface area contributed by atoms with Gasteiger partial charge in [-0.3, -0.25) is 0 Å². The smallest absolute Gasteiger partial charge is 0.101 e. The Labute approximate surface area is 113 Å². The van der Waals surface area contributed by atoms with Gasteiger partial charge in [-0.1, -0.05) is 31.7 Å². The molecule has 18 heavy (non-hydrogen) atoms. The zero-order valence-corrected chi connectivity index (χ0v) is 11.6. The molecule has 1 atom stereocenters. The Morgan fingerprint density at radius 1 is 1.28 bits per heavy atom. The van der Waals surface area contributed by atoms with E-state index in [0.29, 0.717) is 13.1 Å². The topological polar surface area (TPSA) is 52.5 Å². The van der Waals surface area contributed by atoms with Crippen LogP contribution >= 0.6 is 11.3 Å². The summed E-state index contributed by atoms with van der Waals surface area (Å²) in [5.41, 5.74) is -0.564. The van der Waals surface area contributed by atoms with Crippen molar-refractivity contribution in [2.24, 2.45) is 0 Å². The van der Waals surface area contributed by atoms with Crippen LogP contribution in [0.15, 0.2) is 17.5 Å². The van der Waals surface area contributed by atoms with Gasteiger partial charge in [-0.05, 0) is 24.3 Å². The van der Waals surface area contributed by atoms with Gasteiger partial charge in [0.2, 0.25) is 0 Å². The highest BCUT2D eigenvalue weighted by Gasteiger charge is 2.27. The Morgan fingerprint density at radius 3 is 2.61 bits per heavy atom. The molecule has 1 aliphatic rings. The van der Waals surface area contributed by atoms with Gasteiger partial charge in [-0.15, -0.1) is 11.3 Å². The average Bonchev–Trinajstić information content (AvgIpc) is 2.80. The third-order valence-electron chi connectivity index (χ3n) is 3.70. The normalized spacial score (nSPS) is 21.4. The van der Waals surface area contributed by atoms with Gasteiger partial charge >= 0.3 is 0 Å². The van der Waals surface area contributed by atoms with Crippen molar-refractivity contribution in [3.05, 3.63) is 22.4 Å². The van der Waals surface area contributed by atoms with Gasteiger partial charge in [0.1, 0.15) is 6.10 Å². The summed E-state index contributed by atoms with van der Waals surface area (Å²) in [4.78, 5) is 0.982. The van der Waals surface area contributed by atoms with Gasteiger partial charge < -0.3 is 15.5 Å². The molecule has 1 unspecified atom stereocenters. The van der Waals surface area contributed by atoms with E-state index in [4.69, 9.17) is 0 Å². The predicted molar refractivity (Wildman–Crippen MR) is 74.8 cm³/mol. The maximum Gasteiger partial charge on any atom is 0.101 e. The molecule has 4 heteroatoms. The molecule has 102 valence electrons. The maximum absolute atomic E-state index is 10.5. The highest BCUT2D eigenvalue weighted by molar-refractivity contribution is 7.10. The third kappa shape index (κ3) is 4.05. The zero-order valence-electron chi connectivity index (χ0n) is 10.8. The number of aliphatic hydroxyl groups excluding tert-OH is 1. The number of thiophene rings is 1. The molecule has 0 aromatic carbocycles. The lowest BCUT2D eigenvalue weighted by molar-refractivity contribution is 0.0224. The highest BCUT2D eigenvalue weighted by Crippen LogP contribution is 2.26. The molecule has 3 nitrogen and oxygen atoms in total. The molecular weight excluding hydrogens is 246 g/mol. The first kappa shape index (κ1) is 14.0. The van der Waals surface area contributed by atoms with Crippen molar-refractivity contribution in [2.75, 3.05) is 13.1 Å². The molecule has 2 rings (SSSR count). The van der Waals surface area contributed by atoms with E-state index in [1.54, 1.807) is 11.3 Å². The van der Waals surface area contributed by atoms with Gasteiger partial charge in [0.05, 0.1) is 5.60 Å². The Morgan fingerprint density at radius 2 is 2.00 bits per heavy atom. The van der Waals surface area contributed by atoms with Crippen LogP contribution in [0.4, 0.5) is 0 Å². The zero-order chi connectivity index (χ0) is 12.8. The van der Waals surface area contributed by atoms with Crippen molar-refractivity contribution in [3.8, 4) is 0 Å². The predicted octanol–water partition coefficient (Wildman–Crippen LogP) is 2.46. The van der Waals surface area contributed by atoms with E-state index in [0.717, 1.165) is 30.6 Å². The van der Waals surface area contributed by atoms with Crippen LogP contribution in [0, 0.1) is 0 Å². The molecule has 1 fully saturated rings. The van der Waals surface area contributed by atoms with E-state index in [9.17, 15) is 10.2 Å². The summed E-state index contributed by atoms with van der Waals surface area (Å²) >= 11 is 1.57. The summed E-state index contributed by atoms with van der Waals surface area (Å²) in [5, 5.41) is 25.6. The SMILES string of the molecule is OC(CNCC1(O)CCCCCC1)c1cccs1. The van der Waals surface area contributed by atoms with Crippen LogP contribution in [0.3, 0.4) is 0 Å². The molecule has 1 heterocycles. The summed E-state index contributed by atoms with van der Waals surface area (Å²) in [6, 6.07) is 3.89. The van der Waals surface area contributed by atoms with E-state index < -0.39 is 11.7 Å². The average molecular weight is 269 g/mol. The van der Waals surface area contributed by atoms with E-state index in [1.165, 1.54) is 12.8 Å².